The SMILES string of the molecule is Cc1cn(C)c(=O)[nH]c1=O.Cc1nc2c(=O)[nH]cnc2n1C.Cn1ccc(=O)[nH]c1=O.Cn1cnc2c(=O)[nH]c(N)nc21. The monoisotopic (exact) mass is 595 g/mol. The zero-order valence-electron chi connectivity index (χ0n) is 24.0. The number of aromatic amines is 4. The minimum atomic E-state index is -0.387. The largest absolute Gasteiger partial charge is 0.369 e. The first-order valence-electron chi connectivity index (χ1n) is 12.3. The van der Waals surface area contributed by atoms with E-state index in [2.05, 4.69) is 39.9 Å². The highest BCUT2D eigenvalue weighted by Crippen LogP contribution is 2.05. The molecule has 19 heteroatoms. The number of nitrogens with zero attached hydrogens (tertiary/aromatic N) is 8. The number of H-pyrrole nitrogens is 4. The fraction of sp³-hybridized carbons (Fsp3) is 0.250. The molecule has 0 amide bonds. The predicted molar refractivity (Wildman–Crippen MR) is 157 cm³/mol. The summed E-state index contributed by atoms with van der Waals surface area (Å²) in [7, 11) is 6.74. The van der Waals surface area contributed by atoms with Crippen molar-refractivity contribution < 1.29 is 0 Å². The van der Waals surface area contributed by atoms with Gasteiger partial charge in [-0.25, -0.2) is 24.5 Å². The van der Waals surface area contributed by atoms with Crippen molar-refractivity contribution in [2.75, 3.05) is 5.73 Å². The fourth-order valence-corrected chi connectivity index (χ4v) is 3.33. The standard InChI is InChI=1S/C7H8N4O.C6H7N5O.C6H8N2O2.C5H6N2O2/c1-4-10-5-6(11(4)2)8-3-9-7(5)12;1-11-2-8-3-4(11)9-6(7)10-5(3)12;1-4-3-8(2)6(10)7-5(4)9;1-7-3-2-4(8)6-5(7)9/h3H,1-2H3,(H,8,9,12);2H,1H3,(H3,7,9,10,12);3H,1-2H3,(H,7,9,10);2-3H,1H3,(H,6,8,9). The molecule has 0 aliphatic carbocycles. The Hall–Kier alpha value is -6.14. The van der Waals surface area contributed by atoms with E-state index in [1.165, 1.54) is 40.2 Å². The lowest BCUT2D eigenvalue weighted by Crippen LogP contribution is -2.28. The molecule has 43 heavy (non-hydrogen) atoms. The summed E-state index contributed by atoms with van der Waals surface area (Å²) in [6.07, 6.45) is 5.82. The number of nitrogen functional groups attached to an aromatic ring is 1. The van der Waals surface area contributed by atoms with Gasteiger partial charge in [-0.3, -0.25) is 34.1 Å². The first-order chi connectivity index (χ1) is 20.2. The lowest BCUT2D eigenvalue weighted by molar-refractivity contribution is 0.789. The van der Waals surface area contributed by atoms with Crippen molar-refractivity contribution in [3.8, 4) is 0 Å². The molecule has 0 saturated carbocycles. The van der Waals surface area contributed by atoms with Crippen LogP contribution in [0, 0.1) is 13.8 Å². The molecule has 0 spiro atoms. The maximum absolute atomic E-state index is 11.2. The van der Waals surface area contributed by atoms with Gasteiger partial charge >= 0.3 is 11.4 Å². The highest BCUT2D eigenvalue weighted by Gasteiger charge is 2.07. The summed E-state index contributed by atoms with van der Waals surface area (Å²) in [6.45, 7) is 3.49. The smallest absolute Gasteiger partial charge is 0.328 e. The summed E-state index contributed by atoms with van der Waals surface area (Å²) in [5, 5.41) is 0. The molecule has 6 rings (SSSR count). The molecule has 0 fully saturated rings. The van der Waals surface area contributed by atoms with E-state index in [0.717, 1.165) is 5.82 Å². The van der Waals surface area contributed by atoms with Gasteiger partial charge in [0.1, 0.15) is 5.82 Å². The molecule has 6 N–H and O–H groups in total. The van der Waals surface area contributed by atoms with E-state index in [9.17, 15) is 28.8 Å². The number of hydrogen-bond acceptors (Lipinski definition) is 11. The van der Waals surface area contributed by atoms with Crippen molar-refractivity contribution >= 4 is 28.3 Å². The van der Waals surface area contributed by atoms with Crippen LogP contribution >= 0.6 is 0 Å². The summed E-state index contributed by atoms with van der Waals surface area (Å²) in [4.78, 5) is 89.6. The first kappa shape index (κ1) is 31.4. The Balaban J connectivity index is 0.000000158. The van der Waals surface area contributed by atoms with Gasteiger partial charge in [-0.15, -0.1) is 0 Å². The zero-order chi connectivity index (χ0) is 32.0. The van der Waals surface area contributed by atoms with Crippen LogP contribution in [0.3, 0.4) is 0 Å². The number of rotatable bonds is 0. The van der Waals surface area contributed by atoms with Crippen LogP contribution < -0.4 is 39.4 Å². The quantitative estimate of drug-likeness (QED) is 0.124. The Morgan fingerprint density at radius 1 is 0.721 bits per heavy atom. The van der Waals surface area contributed by atoms with Crippen molar-refractivity contribution in [1.82, 2.24) is 58.1 Å². The van der Waals surface area contributed by atoms with E-state index >= 15 is 0 Å². The molecule has 6 aromatic heterocycles. The van der Waals surface area contributed by atoms with Crippen LogP contribution in [-0.4, -0.2) is 58.1 Å². The maximum Gasteiger partial charge on any atom is 0.328 e. The second-order valence-electron chi connectivity index (χ2n) is 9.00. The van der Waals surface area contributed by atoms with Crippen LogP contribution in [0.25, 0.3) is 22.3 Å². The van der Waals surface area contributed by atoms with Crippen LogP contribution in [0.5, 0.6) is 0 Å². The number of hydrogen-bond donors (Lipinski definition) is 5. The summed E-state index contributed by atoms with van der Waals surface area (Å²) in [5.41, 5.74) is 5.78. The third-order valence-electron chi connectivity index (χ3n) is 5.76. The molecule has 0 unspecified atom stereocenters. The second kappa shape index (κ2) is 13.0. The Bertz CT molecular complexity index is 2230. The minimum absolute atomic E-state index is 0.108. The first-order valence-corrected chi connectivity index (χ1v) is 12.3. The molecule has 0 aliphatic rings. The maximum atomic E-state index is 11.2. The van der Waals surface area contributed by atoms with E-state index in [-0.39, 0.29) is 39.6 Å². The number of nitrogens with one attached hydrogen (secondary N) is 4. The van der Waals surface area contributed by atoms with Crippen molar-refractivity contribution in [2.24, 2.45) is 28.2 Å². The van der Waals surface area contributed by atoms with E-state index in [0.29, 0.717) is 27.9 Å². The van der Waals surface area contributed by atoms with E-state index in [1.807, 2.05) is 14.0 Å². The summed E-state index contributed by atoms with van der Waals surface area (Å²) in [5.74, 6) is 0.894. The molecule has 0 atom stereocenters. The lowest BCUT2D eigenvalue weighted by atomic mass is 10.4. The van der Waals surface area contributed by atoms with Gasteiger partial charge in [0, 0.05) is 52.2 Å². The van der Waals surface area contributed by atoms with Gasteiger partial charge in [-0.1, -0.05) is 0 Å². The molecule has 226 valence electrons. The highest BCUT2D eigenvalue weighted by molar-refractivity contribution is 5.70. The zero-order valence-corrected chi connectivity index (χ0v) is 24.0. The molecule has 19 nitrogen and oxygen atoms in total. The normalized spacial score (nSPS) is 10.3. The second-order valence-corrected chi connectivity index (χ2v) is 9.00. The Morgan fingerprint density at radius 3 is 2.00 bits per heavy atom. The van der Waals surface area contributed by atoms with Gasteiger partial charge in [0.2, 0.25) is 5.95 Å². The lowest BCUT2D eigenvalue weighted by Gasteiger charge is -1.94. The summed E-state index contributed by atoms with van der Waals surface area (Å²) >= 11 is 0. The third-order valence-corrected chi connectivity index (χ3v) is 5.76. The number of anilines is 1. The van der Waals surface area contributed by atoms with Crippen molar-refractivity contribution in [3.63, 3.8) is 0 Å². The topological polar surface area (TPSA) is 263 Å². The molecule has 0 bridgehead atoms. The van der Waals surface area contributed by atoms with Crippen molar-refractivity contribution in [1.29, 1.82) is 0 Å². The average Bonchev–Trinajstić information content (AvgIpc) is 3.46. The number of fused-ring (bicyclic) bond motifs is 2. The fourth-order valence-electron chi connectivity index (χ4n) is 3.33. The van der Waals surface area contributed by atoms with Crippen molar-refractivity contribution in [3.05, 3.63) is 105 Å². The molecular weight excluding hydrogens is 566 g/mol. The average molecular weight is 596 g/mol. The number of aromatic nitrogens is 12. The molecule has 0 saturated heterocycles. The Kier molecular flexibility index (Phi) is 9.50. The summed E-state index contributed by atoms with van der Waals surface area (Å²) < 4.78 is 6.05. The van der Waals surface area contributed by atoms with Gasteiger partial charge in [0.15, 0.2) is 22.3 Å². The molecule has 0 aromatic carbocycles. The molecule has 0 radical (unpaired) electrons. The Labute approximate surface area is 239 Å². The van der Waals surface area contributed by atoms with Crippen LogP contribution in [0.2, 0.25) is 0 Å². The van der Waals surface area contributed by atoms with E-state index < -0.39 is 0 Å². The van der Waals surface area contributed by atoms with Crippen LogP contribution in [0.15, 0.2) is 59.9 Å². The predicted octanol–water partition coefficient (Wildman–Crippen LogP) is -2.34. The third kappa shape index (κ3) is 7.54. The highest BCUT2D eigenvalue weighted by atomic mass is 16.2. The molecular formula is C24H29N13O6. The van der Waals surface area contributed by atoms with Gasteiger partial charge in [0.25, 0.3) is 22.2 Å². The van der Waals surface area contributed by atoms with Gasteiger partial charge < -0.3 is 29.0 Å². The van der Waals surface area contributed by atoms with Crippen LogP contribution in [-0.2, 0) is 28.2 Å². The molecule has 6 heterocycles. The van der Waals surface area contributed by atoms with Crippen LogP contribution in [0.4, 0.5) is 5.95 Å². The number of aryl methyl sites for hydroxylation is 6. The van der Waals surface area contributed by atoms with Crippen LogP contribution in [0.1, 0.15) is 11.4 Å². The van der Waals surface area contributed by atoms with E-state index in [4.69, 9.17) is 5.73 Å². The minimum Gasteiger partial charge on any atom is -0.369 e. The summed E-state index contributed by atoms with van der Waals surface area (Å²) in [6, 6.07) is 1.29. The van der Waals surface area contributed by atoms with Crippen molar-refractivity contribution in [2.45, 2.75) is 13.8 Å². The Morgan fingerprint density at radius 2 is 1.40 bits per heavy atom. The number of imidazole rings is 2. The van der Waals surface area contributed by atoms with E-state index in [1.54, 1.807) is 37.2 Å². The van der Waals surface area contributed by atoms with Gasteiger partial charge in [-0.2, -0.15) is 4.98 Å². The number of nitrogens with two attached hydrogens (primary N) is 1. The van der Waals surface area contributed by atoms with Gasteiger partial charge in [-0.05, 0) is 13.8 Å². The molecule has 6 aromatic rings. The molecule has 0 aliphatic heterocycles. The van der Waals surface area contributed by atoms with Gasteiger partial charge in [0.05, 0.1) is 12.7 Å².